The smallest absolute Gasteiger partial charge is 0.253 e. The van der Waals surface area contributed by atoms with Crippen molar-refractivity contribution < 1.29 is 14.3 Å². The van der Waals surface area contributed by atoms with E-state index in [9.17, 15) is 9.59 Å². The van der Waals surface area contributed by atoms with Crippen LogP contribution in [-0.2, 0) is 4.79 Å². The largest absolute Gasteiger partial charge is 0.493 e. The second-order valence-electron chi connectivity index (χ2n) is 7.70. The summed E-state index contributed by atoms with van der Waals surface area (Å²) in [6, 6.07) is 11.0. The van der Waals surface area contributed by atoms with Gasteiger partial charge < -0.3 is 15.0 Å². The third-order valence-electron chi connectivity index (χ3n) is 5.42. The number of nitrogens with one attached hydrogen (secondary N) is 1. The first-order valence-electron chi connectivity index (χ1n) is 10.0. The van der Waals surface area contributed by atoms with Gasteiger partial charge in [0.05, 0.1) is 6.61 Å². The predicted molar refractivity (Wildman–Crippen MR) is 114 cm³/mol. The fraction of sp³-hybridized carbons (Fsp3) is 0.409. The maximum Gasteiger partial charge on any atom is 0.253 e. The number of piperidine rings is 1. The fourth-order valence-corrected chi connectivity index (χ4v) is 3.63. The first-order valence-corrected chi connectivity index (χ1v) is 10.8. The van der Waals surface area contributed by atoms with E-state index in [0.717, 1.165) is 16.8 Å². The van der Waals surface area contributed by atoms with Gasteiger partial charge in [-0.25, -0.2) is 4.98 Å². The molecule has 1 saturated carbocycles. The molecule has 6 nitrogen and oxygen atoms in total. The molecule has 152 valence electrons. The van der Waals surface area contributed by atoms with Gasteiger partial charge in [0, 0.05) is 35.2 Å². The van der Waals surface area contributed by atoms with Gasteiger partial charge in [0.2, 0.25) is 5.91 Å². The van der Waals surface area contributed by atoms with Crippen LogP contribution in [0.25, 0.3) is 0 Å². The summed E-state index contributed by atoms with van der Waals surface area (Å²) < 4.78 is 6.59. The van der Waals surface area contributed by atoms with Crippen LogP contribution in [0.3, 0.4) is 0 Å². The van der Waals surface area contributed by atoms with E-state index in [4.69, 9.17) is 4.74 Å². The molecule has 2 aliphatic rings. The van der Waals surface area contributed by atoms with Crippen LogP contribution in [0.2, 0.25) is 0 Å². The number of ether oxygens (including phenoxy) is 1. The van der Waals surface area contributed by atoms with Crippen molar-refractivity contribution in [2.45, 2.75) is 25.7 Å². The Morgan fingerprint density at radius 2 is 1.79 bits per heavy atom. The number of halogens is 1. The van der Waals surface area contributed by atoms with E-state index >= 15 is 0 Å². The average Bonchev–Trinajstić information content (AvgIpc) is 3.58. The summed E-state index contributed by atoms with van der Waals surface area (Å²) in [5, 5.41) is 2.86. The van der Waals surface area contributed by atoms with Gasteiger partial charge in [0.25, 0.3) is 5.91 Å². The van der Waals surface area contributed by atoms with E-state index in [1.54, 1.807) is 12.3 Å². The summed E-state index contributed by atoms with van der Waals surface area (Å²) in [5.41, 5.74) is 0.658. The molecule has 0 atom stereocenters. The molecule has 2 amide bonds. The van der Waals surface area contributed by atoms with Gasteiger partial charge in [-0.05, 0) is 83.9 Å². The molecule has 1 N–H and O–H groups in total. The van der Waals surface area contributed by atoms with Crippen molar-refractivity contribution in [3.63, 3.8) is 0 Å². The van der Waals surface area contributed by atoms with Crippen LogP contribution < -0.4 is 10.1 Å². The number of benzene rings is 1. The zero-order valence-electron chi connectivity index (χ0n) is 16.1. The molecule has 1 aliphatic carbocycles. The lowest BCUT2D eigenvalue weighted by Crippen LogP contribution is -2.41. The van der Waals surface area contributed by atoms with Crippen molar-refractivity contribution in [1.29, 1.82) is 0 Å². The molecule has 1 aliphatic heterocycles. The second kappa shape index (κ2) is 8.95. The minimum absolute atomic E-state index is 0.00665. The molecule has 2 heterocycles. The lowest BCUT2D eigenvalue weighted by Gasteiger charge is -2.31. The number of carbonyl (C=O) groups is 2. The number of hydrogen-bond acceptors (Lipinski definition) is 4. The summed E-state index contributed by atoms with van der Waals surface area (Å²) in [5.74, 6) is 1.92. The van der Waals surface area contributed by atoms with Gasteiger partial charge in [0.1, 0.15) is 11.6 Å². The Bertz CT molecular complexity index is 858. The Hall–Kier alpha value is -2.41. The topological polar surface area (TPSA) is 71.5 Å². The SMILES string of the molecule is O=C(Nc1ccc(Br)cn1)C1CCN(C(=O)c2ccc(OCC3CC3)cc2)CC1. The molecule has 1 aromatic heterocycles. The Morgan fingerprint density at radius 3 is 2.41 bits per heavy atom. The van der Waals surface area contributed by atoms with Crippen molar-refractivity contribution >= 4 is 33.6 Å². The number of rotatable bonds is 6. The van der Waals surface area contributed by atoms with E-state index < -0.39 is 0 Å². The number of pyridine rings is 1. The van der Waals surface area contributed by atoms with Crippen molar-refractivity contribution in [2.24, 2.45) is 11.8 Å². The van der Waals surface area contributed by atoms with Gasteiger partial charge in [-0.2, -0.15) is 0 Å². The number of nitrogens with zero attached hydrogens (tertiary/aromatic N) is 2. The molecular weight excluding hydrogens is 434 g/mol. The van der Waals surface area contributed by atoms with Gasteiger partial charge in [-0.15, -0.1) is 0 Å². The van der Waals surface area contributed by atoms with Gasteiger partial charge in [0.15, 0.2) is 0 Å². The average molecular weight is 458 g/mol. The van der Waals surface area contributed by atoms with E-state index in [1.165, 1.54) is 12.8 Å². The molecule has 0 bridgehead atoms. The number of anilines is 1. The lowest BCUT2D eigenvalue weighted by molar-refractivity contribution is -0.121. The number of aromatic nitrogens is 1. The molecule has 2 aromatic rings. The summed E-state index contributed by atoms with van der Waals surface area (Å²) in [4.78, 5) is 31.2. The van der Waals surface area contributed by atoms with Crippen LogP contribution >= 0.6 is 15.9 Å². The monoisotopic (exact) mass is 457 g/mol. The highest BCUT2D eigenvalue weighted by molar-refractivity contribution is 9.10. The first kappa shape index (κ1) is 19.9. The molecule has 0 unspecified atom stereocenters. The first-order chi connectivity index (χ1) is 14.1. The zero-order valence-corrected chi connectivity index (χ0v) is 17.7. The van der Waals surface area contributed by atoms with Crippen molar-refractivity contribution in [1.82, 2.24) is 9.88 Å². The van der Waals surface area contributed by atoms with E-state index in [0.29, 0.717) is 43.2 Å². The van der Waals surface area contributed by atoms with Crippen LogP contribution in [-0.4, -0.2) is 41.4 Å². The number of likely N-dealkylation sites (tertiary alicyclic amines) is 1. The molecule has 1 saturated heterocycles. The molecule has 2 fully saturated rings. The second-order valence-corrected chi connectivity index (χ2v) is 8.61. The van der Waals surface area contributed by atoms with Crippen LogP contribution in [0.5, 0.6) is 5.75 Å². The Kier molecular flexibility index (Phi) is 6.13. The zero-order chi connectivity index (χ0) is 20.2. The minimum atomic E-state index is -0.109. The summed E-state index contributed by atoms with van der Waals surface area (Å²) in [7, 11) is 0. The summed E-state index contributed by atoms with van der Waals surface area (Å²) in [6.45, 7) is 1.91. The predicted octanol–water partition coefficient (Wildman–Crippen LogP) is 4.12. The molecular formula is C22H24BrN3O3. The van der Waals surface area contributed by atoms with Crippen molar-refractivity contribution in [3.05, 3.63) is 52.6 Å². The van der Waals surface area contributed by atoms with Crippen LogP contribution in [0.15, 0.2) is 47.1 Å². The quantitative estimate of drug-likeness (QED) is 0.707. The number of carbonyl (C=O) groups excluding carboxylic acids is 2. The Labute approximate surface area is 178 Å². The third-order valence-corrected chi connectivity index (χ3v) is 5.88. The van der Waals surface area contributed by atoms with E-state index in [-0.39, 0.29) is 17.7 Å². The molecule has 7 heteroatoms. The highest BCUT2D eigenvalue weighted by Gasteiger charge is 2.28. The molecule has 4 rings (SSSR count). The van der Waals surface area contributed by atoms with Gasteiger partial charge in [-0.3, -0.25) is 9.59 Å². The normalized spacial score (nSPS) is 17.1. The fourth-order valence-electron chi connectivity index (χ4n) is 3.40. The van der Waals surface area contributed by atoms with Crippen LogP contribution in [0, 0.1) is 11.8 Å². The van der Waals surface area contributed by atoms with E-state index in [1.807, 2.05) is 35.2 Å². The van der Waals surface area contributed by atoms with Crippen LogP contribution in [0.1, 0.15) is 36.0 Å². The summed E-state index contributed by atoms with van der Waals surface area (Å²) in [6.07, 6.45) is 5.46. The molecule has 0 spiro atoms. The molecule has 1 aromatic carbocycles. The van der Waals surface area contributed by atoms with Crippen molar-refractivity contribution in [2.75, 3.05) is 25.0 Å². The lowest BCUT2D eigenvalue weighted by atomic mass is 9.95. The number of amides is 2. The Morgan fingerprint density at radius 1 is 1.07 bits per heavy atom. The Balaban J connectivity index is 1.26. The maximum atomic E-state index is 12.8. The molecule has 0 radical (unpaired) electrons. The van der Waals surface area contributed by atoms with Crippen LogP contribution in [0.4, 0.5) is 5.82 Å². The minimum Gasteiger partial charge on any atom is -0.493 e. The van der Waals surface area contributed by atoms with Gasteiger partial charge in [-0.1, -0.05) is 0 Å². The molecule has 29 heavy (non-hydrogen) atoms. The third kappa shape index (κ3) is 5.35. The standard InChI is InChI=1S/C22H24BrN3O3/c23-18-5-8-20(24-13-18)25-21(27)16-9-11-26(12-10-16)22(28)17-3-6-19(7-4-17)29-14-15-1-2-15/h3-8,13,15-16H,1-2,9-12,14H2,(H,24,25,27). The number of hydrogen-bond donors (Lipinski definition) is 1. The van der Waals surface area contributed by atoms with Crippen molar-refractivity contribution in [3.8, 4) is 5.75 Å². The van der Waals surface area contributed by atoms with Gasteiger partial charge >= 0.3 is 0 Å². The highest BCUT2D eigenvalue weighted by atomic mass is 79.9. The van der Waals surface area contributed by atoms with E-state index in [2.05, 4.69) is 26.2 Å². The summed E-state index contributed by atoms with van der Waals surface area (Å²) >= 11 is 3.33. The maximum absolute atomic E-state index is 12.8. The highest BCUT2D eigenvalue weighted by Crippen LogP contribution is 2.29.